The summed E-state index contributed by atoms with van der Waals surface area (Å²) in [6.07, 6.45) is -5.14. The van der Waals surface area contributed by atoms with Crippen molar-refractivity contribution in [1.82, 2.24) is 4.90 Å². The van der Waals surface area contributed by atoms with Gasteiger partial charge in [0.25, 0.3) is 0 Å². The molecule has 0 saturated carbocycles. The zero-order valence-electron chi connectivity index (χ0n) is 13.4. The highest BCUT2D eigenvalue weighted by Gasteiger charge is 2.49. The van der Waals surface area contributed by atoms with Crippen LogP contribution in [0.5, 0.6) is 0 Å². The lowest BCUT2D eigenvalue weighted by molar-refractivity contribution is -0.152. The number of ether oxygens (including phenoxy) is 1. The van der Waals surface area contributed by atoms with Crippen LogP contribution in [0.1, 0.15) is 32.4 Å². The fourth-order valence-electron chi connectivity index (χ4n) is 2.83. The summed E-state index contributed by atoms with van der Waals surface area (Å²) in [6.45, 7) is 3.87. The second-order valence-corrected chi connectivity index (χ2v) is 6.58. The van der Waals surface area contributed by atoms with Crippen LogP contribution in [0.25, 0.3) is 0 Å². The van der Waals surface area contributed by atoms with E-state index in [9.17, 15) is 27.9 Å². The van der Waals surface area contributed by atoms with Crippen LogP contribution in [-0.2, 0) is 9.53 Å². The predicted octanol–water partition coefficient (Wildman–Crippen LogP) is 3.09. The average molecular weight is 345 g/mol. The summed E-state index contributed by atoms with van der Waals surface area (Å²) in [4.78, 5) is 24.1. The number of Topliss-reactive ketones (excluding diaryl/α,β-unsaturated/α-hetero) is 1. The van der Waals surface area contributed by atoms with E-state index in [1.807, 2.05) is 0 Å². The molecule has 1 aliphatic rings. The lowest BCUT2D eigenvalue weighted by Gasteiger charge is -2.45. The molecule has 0 radical (unpaired) electrons. The molecule has 0 aromatic heterocycles. The maximum Gasteiger partial charge on any atom is 0.408 e. The molecule has 0 spiro atoms. The molecule has 1 aromatic carbocycles. The Morgan fingerprint density at radius 3 is 2.50 bits per heavy atom. The number of carbonyl (C=O) groups is 2. The maximum atomic E-state index is 14.6. The lowest BCUT2D eigenvalue weighted by Crippen LogP contribution is -2.61. The minimum absolute atomic E-state index is 0.328. The van der Waals surface area contributed by atoms with Crippen LogP contribution in [0.2, 0.25) is 0 Å². The maximum absolute atomic E-state index is 14.6. The van der Waals surface area contributed by atoms with Gasteiger partial charge in [-0.3, -0.25) is 9.69 Å². The molecule has 1 saturated heterocycles. The van der Waals surface area contributed by atoms with Crippen LogP contribution in [0, 0.1) is 11.6 Å². The topological polar surface area (TPSA) is 66.8 Å². The van der Waals surface area contributed by atoms with E-state index in [-0.39, 0.29) is 5.56 Å². The van der Waals surface area contributed by atoms with Gasteiger partial charge >= 0.3 is 6.09 Å². The SMILES string of the molecule is CC(C)(C)N(C(=O)O)[C@@H]1[C@@H](c2cc(F)ccc2F)OCC(=O)[C@@H]1F. The fraction of sp³-hybridized carbons (Fsp3) is 0.500. The van der Waals surface area contributed by atoms with Gasteiger partial charge in [-0.05, 0) is 39.0 Å². The van der Waals surface area contributed by atoms with E-state index >= 15 is 0 Å². The molecule has 1 N–H and O–H groups in total. The van der Waals surface area contributed by atoms with Crippen LogP contribution < -0.4 is 0 Å². The number of ketones is 1. The van der Waals surface area contributed by atoms with Gasteiger partial charge < -0.3 is 9.84 Å². The minimum Gasteiger partial charge on any atom is -0.465 e. The van der Waals surface area contributed by atoms with Crippen LogP contribution in [-0.4, -0.2) is 46.2 Å². The molecule has 3 atom stereocenters. The van der Waals surface area contributed by atoms with Crippen molar-refractivity contribution in [3.05, 3.63) is 35.4 Å². The zero-order valence-corrected chi connectivity index (χ0v) is 13.4. The Bertz CT molecular complexity index is 659. The summed E-state index contributed by atoms with van der Waals surface area (Å²) in [5.41, 5.74) is -1.42. The quantitative estimate of drug-likeness (QED) is 0.894. The summed E-state index contributed by atoms with van der Waals surface area (Å²) in [5, 5.41) is 9.48. The highest BCUT2D eigenvalue weighted by Crippen LogP contribution is 2.37. The number of nitrogens with zero attached hydrogens (tertiary/aromatic N) is 1. The normalized spacial score (nSPS) is 24.8. The Kier molecular flexibility index (Phi) is 4.89. The number of carboxylic acid groups (broad SMARTS) is 1. The lowest BCUT2D eigenvalue weighted by atomic mass is 9.89. The molecule has 0 bridgehead atoms. The van der Waals surface area contributed by atoms with E-state index in [0.29, 0.717) is 4.90 Å². The molecule has 0 aliphatic carbocycles. The van der Waals surface area contributed by atoms with Crippen molar-refractivity contribution in [1.29, 1.82) is 0 Å². The van der Waals surface area contributed by atoms with Crippen molar-refractivity contribution in [2.45, 2.75) is 44.6 Å². The molecular formula is C16H18F3NO4. The second kappa shape index (κ2) is 6.43. The van der Waals surface area contributed by atoms with E-state index in [2.05, 4.69) is 0 Å². The van der Waals surface area contributed by atoms with E-state index < -0.39 is 54.0 Å². The molecule has 2 rings (SSSR count). The number of amides is 1. The van der Waals surface area contributed by atoms with Gasteiger partial charge in [0.05, 0.1) is 0 Å². The van der Waals surface area contributed by atoms with Gasteiger partial charge in [-0.2, -0.15) is 0 Å². The molecule has 132 valence electrons. The standard InChI is InChI=1S/C16H18F3NO4/c1-16(2,3)20(15(22)23)13-12(19)11(21)7-24-14(13)9-6-8(17)4-5-10(9)18/h4-6,12-14H,7H2,1-3H3,(H,22,23)/t12-,13-,14+/m0/s1. The predicted molar refractivity (Wildman–Crippen MR) is 78.4 cm³/mol. The van der Waals surface area contributed by atoms with Gasteiger partial charge in [0.2, 0.25) is 0 Å². The molecule has 8 heteroatoms. The summed E-state index contributed by atoms with van der Waals surface area (Å²) >= 11 is 0. The Morgan fingerprint density at radius 1 is 1.33 bits per heavy atom. The number of carbonyl (C=O) groups excluding carboxylic acids is 1. The first kappa shape index (κ1) is 18.3. The third-order valence-electron chi connectivity index (χ3n) is 3.81. The number of hydrogen-bond donors (Lipinski definition) is 1. The summed E-state index contributed by atoms with van der Waals surface area (Å²) in [6, 6.07) is 0.919. The Balaban J connectivity index is 2.57. The number of rotatable bonds is 2. The van der Waals surface area contributed by atoms with Crippen molar-refractivity contribution < 1.29 is 32.6 Å². The van der Waals surface area contributed by atoms with Gasteiger partial charge in [0.1, 0.15) is 30.4 Å². The van der Waals surface area contributed by atoms with Crippen molar-refractivity contribution >= 4 is 11.9 Å². The summed E-state index contributed by atoms with van der Waals surface area (Å²) < 4.78 is 47.4. The summed E-state index contributed by atoms with van der Waals surface area (Å²) in [5.74, 6) is -2.59. The molecule has 1 aromatic rings. The van der Waals surface area contributed by atoms with E-state index in [1.165, 1.54) is 20.8 Å². The van der Waals surface area contributed by atoms with Crippen LogP contribution >= 0.6 is 0 Å². The summed E-state index contributed by atoms with van der Waals surface area (Å²) in [7, 11) is 0. The molecule has 1 heterocycles. The molecular weight excluding hydrogens is 327 g/mol. The van der Waals surface area contributed by atoms with Gasteiger partial charge in [0, 0.05) is 11.1 Å². The minimum atomic E-state index is -2.21. The Labute approximate surface area is 137 Å². The molecule has 5 nitrogen and oxygen atoms in total. The van der Waals surface area contributed by atoms with E-state index in [0.717, 1.165) is 18.2 Å². The van der Waals surface area contributed by atoms with Crippen LogP contribution in [0.15, 0.2) is 18.2 Å². The Hall–Kier alpha value is -2.09. The monoisotopic (exact) mass is 345 g/mol. The van der Waals surface area contributed by atoms with Crippen molar-refractivity contribution in [2.24, 2.45) is 0 Å². The molecule has 1 amide bonds. The molecule has 0 unspecified atom stereocenters. The van der Waals surface area contributed by atoms with Crippen LogP contribution in [0.4, 0.5) is 18.0 Å². The van der Waals surface area contributed by atoms with Crippen molar-refractivity contribution in [2.75, 3.05) is 6.61 Å². The highest BCUT2D eigenvalue weighted by atomic mass is 19.1. The largest absolute Gasteiger partial charge is 0.465 e. The number of hydrogen-bond acceptors (Lipinski definition) is 3. The van der Waals surface area contributed by atoms with Gasteiger partial charge in [-0.25, -0.2) is 18.0 Å². The van der Waals surface area contributed by atoms with Crippen molar-refractivity contribution in [3.8, 4) is 0 Å². The van der Waals surface area contributed by atoms with E-state index in [4.69, 9.17) is 4.74 Å². The van der Waals surface area contributed by atoms with E-state index in [1.54, 1.807) is 0 Å². The zero-order chi connectivity index (χ0) is 18.2. The first-order valence-corrected chi connectivity index (χ1v) is 7.29. The van der Waals surface area contributed by atoms with Gasteiger partial charge in [0.15, 0.2) is 12.0 Å². The number of halogens is 3. The number of alkyl halides is 1. The van der Waals surface area contributed by atoms with Crippen molar-refractivity contribution in [3.63, 3.8) is 0 Å². The fourth-order valence-corrected chi connectivity index (χ4v) is 2.83. The molecule has 24 heavy (non-hydrogen) atoms. The molecule has 1 fully saturated rings. The third kappa shape index (κ3) is 3.38. The number of benzene rings is 1. The smallest absolute Gasteiger partial charge is 0.408 e. The van der Waals surface area contributed by atoms with Crippen LogP contribution in [0.3, 0.4) is 0 Å². The van der Waals surface area contributed by atoms with Gasteiger partial charge in [-0.15, -0.1) is 0 Å². The van der Waals surface area contributed by atoms with Gasteiger partial charge in [-0.1, -0.05) is 0 Å². The first-order valence-electron chi connectivity index (χ1n) is 7.29. The highest BCUT2D eigenvalue weighted by molar-refractivity contribution is 5.86. The Morgan fingerprint density at radius 2 is 1.96 bits per heavy atom. The first-order chi connectivity index (χ1) is 11.0. The third-order valence-corrected chi connectivity index (χ3v) is 3.81. The second-order valence-electron chi connectivity index (χ2n) is 6.58. The average Bonchev–Trinajstić information content (AvgIpc) is 2.45. The molecule has 1 aliphatic heterocycles.